The zero-order chi connectivity index (χ0) is 30.6. The first-order valence-electron chi connectivity index (χ1n) is 15.5. The highest BCUT2D eigenvalue weighted by Gasteiger charge is 2.53. The Morgan fingerprint density at radius 2 is 2.02 bits per heavy atom. The number of nitrogen functional groups attached to an aromatic ring is 1. The Morgan fingerprint density at radius 3 is 2.86 bits per heavy atom. The molecule has 4 aliphatic rings. The van der Waals surface area contributed by atoms with E-state index in [4.69, 9.17) is 34.7 Å². The number of anilines is 2. The standard InChI is InChI=1S/C30H38FN9O3S/c1-17-14-39(10-11-41-16-17)27-35-24(36-28(37-27)42-18(2)30-8-5-9-40(30)15-19(31)12-30)25-34-26(43-38-25)29(3)7-4-6-21-22(29)20(13-32)23(33)44-21/h17-19H,4-12,14-16,33H2,1-3H3/t17-,18?,19+,29-,30-/m0/s1. The number of nitriles is 1. The quantitative estimate of drug-likeness (QED) is 0.424. The van der Waals surface area contributed by atoms with E-state index in [1.165, 1.54) is 11.3 Å². The van der Waals surface area contributed by atoms with Gasteiger partial charge in [0.05, 0.1) is 29.7 Å². The lowest BCUT2D eigenvalue weighted by Gasteiger charge is -2.37. The van der Waals surface area contributed by atoms with Crippen LogP contribution in [0.2, 0.25) is 0 Å². The van der Waals surface area contributed by atoms with E-state index in [-0.39, 0.29) is 35.2 Å². The van der Waals surface area contributed by atoms with Crippen LogP contribution in [0.1, 0.15) is 74.8 Å². The van der Waals surface area contributed by atoms with Crippen LogP contribution in [-0.2, 0) is 16.6 Å². The molecule has 3 aliphatic heterocycles. The second-order valence-corrected chi connectivity index (χ2v) is 14.1. The van der Waals surface area contributed by atoms with Crippen LogP contribution in [0.4, 0.5) is 15.3 Å². The highest BCUT2D eigenvalue weighted by molar-refractivity contribution is 7.16. The average Bonchev–Trinajstić information content (AvgIpc) is 3.74. The second-order valence-electron chi connectivity index (χ2n) is 12.9. The molecule has 12 nitrogen and oxygen atoms in total. The Hall–Kier alpha value is -3.41. The third-order valence-electron chi connectivity index (χ3n) is 9.88. The number of nitrogens with two attached hydrogens (primary N) is 1. The Labute approximate surface area is 259 Å². The molecule has 0 radical (unpaired) electrons. The molecule has 2 N–H and O–H groups in total. The molecule has 0 saturated carbocycles. The number of halogens is 1. The Bertz CT molecular complexity index is 1590. The van der Waals surface area contributed by atoms with E-state index in [0.717, 1.165) is 49.1 Å². The lowest BCUT2D eigenvalue weighted by molar-refractivity contribution is 0.0399. The van der Waals surface area contributed by atoms with Gasteiger partial charge in [0, 0.05) is 36.5 Å². The Morgan fingerprint density at radius 1 is 1.16 bits per heavy atom. The predicted octanol–water partition coefficient (Wildman–Crippen LogP) is 3.90. The van der Waals surface area contributed by atoms with E-state index in [9.17, 15) is 9.65 Å². The summed E-state index contributed by atoms with van der Waals surface area (Å²) in [5, 5.41) is 14.7. The summed E-state index contributed by atoms with van der Waals surface area (Å²) in [6.07, 6.45) is 3.61. The summed E-state index contributed by atoms with van der Waals surface area (Å²) < 4.78 is 32.7. The molecule has 3 aromatic rings. The van der Waals surface area contributed by atoms with Crippen molar-refractivity contribution in [1.82, 2.24) is 30.0 Å². The van der Waals surface area contributed by atoms with Gasteiger partial charge in [0.15, 0.2) is 0 Å². The predicted molar refractivity (Wildman–Crippen MR) is 161 cm³/mol. The van der Waals surface area contributed by atoms with Gasteiger partial charge in [-0.2, -0.15) is 25.2 Å². The second kappa shape index (κ2) is 11.2. The molecule has 0 amide bonds. The highest BCUT2D eigenvalue weighted by atomic mass is 32.1. The number of rotatable bonds is 6. The van der Waals surface area contributed by atoms with E-state index in [2.05, 4.69) is 32.9 Å². The van der Waals surface area contributed by atoms with Crippen molar-refractivity contribution in [1.29, 1.82) is 5.26 Å². The number of aromatic nitrogens is 5. The molecule has 44 heavy (non-hydrogen) atoms. The molecular formula is C30H38FN9O3S. The molecule has 3 saturated heterocycles. The van der Waals surface area contributed by atoms with Crippen molar-refractivity contribution in [3.05, 3.63) is 21.9 Å². The van der Waals surface area contributed by atoms with E-state index < -0.39 is 11.6 Å². The van der Waals surface area contributed by atoms with Gasteiger partial charge in [0.2, 0.25) is 23.5 Å². The minimum absolute atomic E-state index is 0.147. The highest BCUT2D eigenvalue weighted by Crippen LogP contribution is 2.49. The number of aryl methyl sites for hydroxylation is 1. The maximum absolute atomic E-state index is 14.6. The topological polar surface area (TPSA) is 152 Å². The fourth-order valence-corrected chi connectivity index (χ4v) is 8.88. The smallest absolute Gasteiger partial charge is 0.322 e. The summed E-state index contributed by atoms with van der Waals surface area (Å²) in [5.74, 6) is 1.54. The van der Waals surface area contributed by atoms with Gasteiger partial charge in [-0.05, 0) is 58.4 Å². The SMILES string of the molecule is CC(Oc1nc(-c2noc([C@@]3(C)CCCc4sc(N)c(C#N)c43)n2)nc(N2CCOC[C@@H](C)C2)n1)[C@@]12CCCN1C[C@H](F)C2. The number of thiophene rings is 1. The molecule has 0 bridgehead atoms. The van der Waals surface area contributed by atoms with Gasteiger partial charge < -0.3 is 24.6 Å². The first kappa shape index (κ1) is 29.3. The van der Waals surface area contributed by atoms with Gasteiger partial charge in [-0.3, -0.25) is 4.90 Å². The molecule has 1 unspecified atom stereocenters. The van der Waals surface area contributed by atoms with Crippen molar-refractivity contribution in [3.8, 4) is 23.7 Å². The zero-order valence-corrected chi connectivity index (χ0v) is 26.2. The zero-order valence-electron chi connectivity index (χ0n) is 25.4. The molecule has 7 rings (SSSR count). The lowest BCUT2D eigenvalue weighted by Crippen LogP contribution is -2.50. The Balaban J connectivity index is 1.26. The molecule has 0 aromatic carbocycles. The fourth-order valence-electron chi connectivity index (χ4n) is 7.69. The molecular weight excluding hydrogens is 585 g/mol. The van der Waals surface area contributed by atoms with Gasteiger partial charge in [0.1, 0.15) is 23.3 Å². The Kier molecular flexibility index (Phi) is 7.45. The van der Waals surface area contributed by atoms with Crippen LogP contribution in [0, 0.1) is 17.2 Å². The molecule has 234 valence electrons. The van der Waals surface area contributed by atoms with E-state index in [1.54, 1.807) is 0 Å². The van der Waals surface area contributed by atoms with E-state index in [0.29, 0.717) is 61.7 Å². The lowest BCUT2D eigenvalue weighted by atomic mass is 9.72. The summed E-state index contributed by atoms with van der Waals surface area (Å²) in [4.78, 5) is 24.4. The summed E-state index contributed by atoms with van der Waals surface area (Å²) in [5.41, 5.74) is 6.53. The molecule has 1 aliphatic carbocycles. The summed E-state index contributed by atoms with van der Waals surface area (Å²) in [6.45, 7) is 9.94. The normalized spacial score (nSPS) is 29.6. The molecule has 0 spiro atoms. The van der Waals surface area contributed by atoms with E-state index >= 15 is 0 Å². The first-order chi connectivity index (χ1) is 21.2. The fraction of sp³-hybridized carbons (Fsp3) is 0.667. The largest absolute Gasteiger partial charge is 0.458 e. The van der Waals surface area contributed by atoms with Crippen LogP contribution in [-0.4, -0.2) is 87.2 Å². The maximum atomic E-state index is 14.6. The third-order valence-corrected chi connectivity index (χ3v) is 11.0. The van der Waals surface area contributed by atoms with Gasteiger partial charge in [-0.1, -0.05) is 12.1 Å². The van der Waals surface area contributed by atoms with E-state index in [1.807, 2.05) is 13.8 Å². The number of hydrogen-bond donors (Lipinski definition) is 1. The first-order valence-corrected chi connectivity index (χ1v) is 16.3. The van der Waals surface area contributed by atoms with Gasteiger partial charge >= 0.3 is 6.01 Å². The third kappa shape index (κ3) is 4.89. The minimum Gasteiger partial charge on any atom is -0.458 e. The van der Waals surface area contributed by atoms with Crippen molar-refractivity contribution < 1.29 is 18.4 Å². The molecule has 3 fully saturated rings. The van der Waals surface area contributed by atoms with Crippen LogP contribution < -0.4 is 15.4 Å². The van der Waals surface area contributed by atoms with Crippen molar-refractivity contribution in [2.75, 3.05) is 50.0 Å². The molecule has 14 heteroatoms. The monoisotopic (exact) mass is 623 g/mol. The number of nitrogens with zero attached hydrogens (tertiary/aromatic N) is 8. The van der Waals surface area contributed by atoms with Gasteiger partial charge in [0.25, 0.3) is 0 Å². The summed E-state index contributed by atoms with van der Waals surface area (Å²) >= 11 is 1.46. The molecule has 6 heterocycles. The molecule has 3 aromatic heterocycles. The van der Waals surface area contributed by atoms with Crippen LogP contribution >= 0.6 is 11.3 Å². The van der Waals surface area contributed by atoms with Crippen molar-refractivity contribution in [2.24, 2.45) is 5.92 Å². The van der Waals surface area contributed by atoms with Gasteiger partial charge in [-0.25, -0.2) is 4.39 Å². The molecule has 5 atom stereocenters. The van der Waals surface area contributed by atoms with Crippen LogP contribution in [0.15, 0.2) is 4.52 Å². The number of fused-ring (bicyclic) bond motifs is 2. The van der Waals surface area contributed by atoms with Crippen molar-refractivity contribution >= 4 is 22.3 Å². The maximum Gasteiger partial charge on any atom is 0.322 e. The van der Waals surface area contributed by atoms with Crippen molar-refractivity contribution in [2.45, 2.75) is 82.5 Å². The summed E-state index contributed by atoms with van der Waals surface area (Å²) in [7, 11) is 0. The van der Waals surface area contributed by atoms with Gasteiger partial charge in [-0.15, -0.1) is 11.3 Å². The number of ether oxygens (including phenoxy) is 2. The number of hydrogen-bond acceptors (Lipinski definition) is 13. The van der Waals surface area contributed by atoms with Crippen LogP contribution in [0.5, 0.6) is 6.01 Å². The minimum atomic E-state index is -0.871. The summed E-state index contributed by atoms with van der Waals surface area (Å²) in [6, 6.07) is 2.44. The average molecular weight is 624 g/mol. The van der Waals surface area contributed by atoms with Crippen molar-refractivity contribution in [3.63, 3.8) is 0 Å². The van der Waals surface area contributed by atoms with Crippen LogP contribution in [0.25, 0.3) is 11.6 Å². The van der Waals surface area contributed by atoms with Crippen LogP contribution in [0.3, 0.4) is 0 Å². The number of alkyl halides is 1.